The maximum Gasteiger partial charge on any atom is 0.0420 e. The molecule has 0 fully saturated rings. The second-order valence-corrected chi connectivity index (χ2v) is 8.62. The second-order valence-electron chi connectivity index (χ2n) is 6.37. The second kappa shape index (κ2) is 4.13. The summed E-state index contributed by atoms with van der Waals surface area (Å²) in [4.78, 5) is 0. The summed E-state index contributed by atoms with van der Waals surface area (Å²) in [6.07, 6.45) is 1.23. The fourth-order valence-electron chi connectivity index (χ4n) is 1.72. The maximum atomic E-state index is 2.37. The Balaban J connectivity index is 2.70. The summed E-state index contributed by atoms with van der Waals surface area (Å²) < 4.78 is 0. The van der Waals surface area contributed by atoms with Gasteiger partial charge in [-0.15, -0.1) is 0 Å². The third kappa shape index (κ3) is 3.54. The molecule has 0 nitrogen and oxygen atoms in total. The lowest BCUT2D eigenvalue weighted by atomic mass is 9.80. The van der Waals surface area contributed by atoms with Crippen LogP contribution in [0.4, 0.5) is 0 Å². The van der Waals surface area contributed by atoms with Crippen LogP contribution in [0.2, 0.25) is 0 Å². The molecule has 0 amide bonds. The van der Waals surface area contributed by atoms with Crippen molar-refractivity contribution in [2.45, 2.75) is 53.2 Å². The molecule has 1 atom stereocenters. The summed E-state index contributed by atoms with van der Waals surface area (Å²) in [5.41, 5.74) is 2.45. The van der Waals surface area contributed by atoms with Crippen molar-refractivity contribution < 1.29 is 0 Å². The average molecular weight is 230 g/mol. The van der Waals surface area contributed by atoms with Crippen LogP contribution in [0.3, 0.4) is 0 Å². The van der Waals surface area contributed by atoms with E-state index in [9.17, 15) is 0 Å². The van der Waals surface area contributed by atoms with Gasteiger partial charge in [-0.1, -0.05) is 63.1 Å². The van der Waals surface area contributed by atoms with Crippen molar-refractivity contribution in [1.29, 1.82) is 0 Å². The zero-order valence-corrected chi connectivity index (χ0v) is 11.8. The molecule has 0 aromatic rings. The van der Waals surface area contributed by atoms with E-state index < -0.39 is 0 Å². The fraction of sp³-hybridized carbons (Fsp3) is 0.833. The van der Waals surface area contributed by atoms with Crippen LogP contribution in [0.25, 0.3) is 0 Å². The minimum Gasteiger partial charge on any atom is -0.0811 e. The summed E-state index contributed by atoms with van der Waals surface area (Å²) >= 11 is 0. The molecule has 0 radical (unpaired) electrons. The lowest BCUT2D eigenvalue weighted by Gasteiger charge is -2.31. The Hall–Kier alpha value is 0.440. The molecule has 0 bridgehead atoms. The van der Waals surface area contributed by atoms with E-state index in [-0.39, 0.29) is 0 Å². The van der Waals surface area contributed by atoms with Gasteiger partial charge in [0.05, 0.1) is 0 Å². The third-order valence-corrected chi connectivity index (χ3v) is 5.12. The number of rotatable bonds is 1. The molecule has 0 aromatic heterocycles. The van der Waals surface area contributed by atoms with Crippen LogP contribution in [0, 0.1) is 10.8 Å². The summed E-state index contributed by atoms with van der Waals surface area (Å²) in [7, 11) is 3.93. The predicted molar refractivity (Wildman–Crippen MR) is 70.6 cm³/mol. The summed E-state index contributed by atoms with van der Waals surface area (Å²) in [5, 5.41) is 3.07. The molecule has 0 N–H and O–H groups in total. The smallest absolute Gasteiger partial charge is 0.0420 e. The molecule has 14 heavy (non-hydrogen) atoms. The molecule has 0 spiro atoms. The maximum absolute atomic E-state index is 2.37. The van der Waals surface area contributed by atoms with Gasteiger partial charge < -0.3 is 0 Å². The van der Waals surface area contributed by atoms with Crippen LogP contribution >= 0.6 is 21.6 Å². The van der Waals surface area contributed by atoms with Gasteiger partial charge in [-0.05, 0) is 28.2 Å². The Labute approximate surface area is 96.7 Å². The lowest BCUT2D eigenvalue weighted by molar-refractivity contribution is 0.368. The minimum atomic E-state index is 0.394. The van der Waals surface area contributed by atoms with E-state index in [1.165, 1.54) is 6.42 Å². The first-order valence-corrected chi connectivity index (χ1v) is 7.49. The summed E-state index contributed by atoms with van der Waals surface area (Å²) in [5.74, 6) is 0. The Morgan fingerprint density at radius 1 is 1.14 bits per heavy atom. The van der Waals surface area contributed by atoms with E-state index >= 15 is 0 Å². The highest BCUT2D eigenvalue weighted by molar-refractivity contribution is 8.78. The molecule has 1 rings (SSSR count). The van der Waals surface area contributed by atoms with Gasteiger partial charge in [0.15, 0.2) is 0 Å². The van der Waals surface area contributed by atoms with E-state index in [4.69, 9.17) is 0 Å². The quantitative estimate of drug-likeness (QED) is 0.574. The molecule has 1 aliphatic heterocycles. The molecule has 82 valence electrons. The van der Waals surface area contributed by atoms with E-state index in [0.29, 0.717) is 16.1 Å². The van der Waals surface area contributed by atoms with Crippen molar-refractivity contribution in [2.75, 3.05) is 0 Å². The van der Waals surface area contributed by atoms with E-state index in [2.05, 4.69) is 47.0 Å². The molecule has 0 saturated heterocycles. The Kier molecular flexibility index (Phi) is 3.69. The molecule has 0 aliphatic carbocycles. The molecule has 0 aromatic carbocycles. The first-order valence-electron chi connectivity index (χ1n) is 5.21. The third-order valence-electron chi connectivity index (χ3n) is 2.21. The van der Waals surface area contributed by atoms with E-state index in [1.807, 2.05) is 21.6 Å². The number of hydrogen-bond acceptors (Lipinski definition) is 2. The number of hydrogen-bond donors (Lipinski definition) is 0. The molecule has 1 aliphatic rings. The molecule has 0 saturated carbocycles. The topological polar surface area (TPSA) is 0 Å². The van der Waals surface area contributed by atoms with Crippen molar-refractivity contribution in [2.24, 2.45) is 10.8 Å². The van der Waals surface area contributed by atoms with Crippen LogP contribution in [0.1, 0.15) is 48.0 Å². The Morgan fingerprint density at radius 2 is 1.71 bits per heavy atom. The SMILES string of the molecule is CC(C)(C)CC1=CSSC1C(C)(C)C. The minimum absolute atomic E-state index is 0.394. The van der Waals surface area contributed by atoms with Gasteiger partial charge in [0.25, 0.3) is 0 Å². The summed E-state index contributed by atoms with van der Waals surface area (Å²) in [6, 6.07) is 0. The van der Waals surface area contributed by atoms with Crippen molar-refractivity contribution in [1.82, 2.24) is 0 Å². The van der Waals surface area contributed by atoms with Crippen LogP contribution in [0.15, 0.2) is 11.0 Å². The predicted octanol–water partition coefficient (Wildman–Crippen LogP) is 5.12. The first-order chi connectivity index (χ1) is 6.20. The van der Waals surface area contributed by atoms with Crippen molar-refractivity contribution in [3.05, 3.63) is 11.0 Å². The van der Waals surface area contributed by atoms with Gasteiger partial charge in [0, 0.05) is 5.25 Å². The van der Waals surface area contributed by atoms with Crippen LogP contribution < -0.4 is 0 Å². The highest BCUT2D eigenvalue weighted by Crippen LogP contribution is 2.51. The van der Waals surface area contributed by atoms with E-state index in [1.54, 1.807) is 5.57 Å². The standard InChI is InChI=1S/C12H22S2/c1-11(2,3)7-9-8-13-14-10(9)12(4,5)6/h8,10H,7H2,1-6H3. The average Bonchev–Trinajstić information content (AvgIpc) is 2.29. The first kappa shape index (κ1) is 12.5. The van der Waals surface area contributed by atoms with Gasteiger partial charge >= 0.3 is 0 Å². The zero-order chi connectivity index (χ0) is 11.0. The molecule has 2 heteroatoms. The summed E-state index contributed by atoms with van der Waals surface area (Å²) in [6.45, 7) is 14.0. The Morgan fingerprint density at radius 3 is 2.14 bits per heavy atom. The normalized spacial score (nSPS) is 23.9. The fourth-order valence-corrected chi connectivity index (χ4v) is 4.98. The van der Waals surface area contributed by atoms with Crippen molar-refractivity contribution in [3.63, 3.8) is 0 Å². The lowest BCUT2D eigenvalue weighted by Crippen LogP contribution is -2.25. The van der Waals surface area contributed by atoms with Gasteiger partial charge in [0.2, 0.25) is 0 Å². The van der Waals surface area contributed by atoms with Gasteiger partial charge in [0.1, 0.15) is 0 Å². The molecular weight excluding hydrogens is 208 g/mol. The molecule has 1 unspecified atom stereocenters. The van der Waals surface area contributed by atoms with Crippen LogP contribution in [-0.4, -0.2) is 5.25 Å². The monoisotopic (exact) mass is 230 g/mol. The zero-order valence-electron chi connectivity index (χ0n) is 10.2. The van der Waals surface area contributed by atoms with Crippen molar-refractivity contribution in [3.8, 4) is 0 Å². The highest BCUT2D eigenvalue weighted by atomic mass is 33.1. The van der Waals surface area contributed by atoms with Crippen LogP contribution in [-0.2, 0) is 0 Å². The van der Waals surface area contributed by atoms with Crippen LogP contribution in [0.5, 0.6) is 0 Å². The Bertz CT molecular complexity index is 228. The van der Waals surface area contributed by atoms with Gasteiger partial charge in [-0.2, -0.15) is 0 Å². The highest BCUT2D eigenvalue weighted by Gasteiger charge is 2.33. The molecular formula is C12H22S2. The van der Waals surface area contributed by atoms with Gasteiger partial charge in [-0.25, -0.2) is 0 Å². The van der Waals surface area contributed by atoms with Gasteiger partial charge in [-0.3, -0.25) is 0 Å². The van der Waals surface area contributed by atoms with E-state index in [0.717, 1.165) is 0 Å². The van der Waals surface area contributed by atoms with Crippen molar-refractivity contribution >= 4 is 21.6 Å². The largest absolute Gasteiger partial charge is 0.0811 e. The molecule has 1 heterocycles.